The molecule has 0 spiro atoms. The van der Waals surface area contributed by atoms with E-state index in [9.17, 15) is 22.8 Å². The number of nitrogens with two attached hydrogens (primary N) is 1. The minimum atomic E-state index is -4.12. The standard InChI is InChI=1S/C27H38N6O6S/c28-27(29)33-13-5-6-19(18-33)16-31-25(35)15-23(24(34)9-3-4-12-30-17-26(36)37)32-40(38,39)22-11-10-20-7-1-2-8-21(20)14-22/h1-2,7-8,10-11,14,19,23,30,32H,3-6,9,12-13,15-18H2,(H3,28,29)(H,31,35)(H,36,37)/t19-,23-/m0/s1. The molecule has 0 saturated carbocycles. The Balaban J connectivity index is 1.65. The van der Waals surface area contributed by atoms with Crippen molar-refractivity contribution in [3.05, 3.63) is 42.5 Å². The van der Waals surface area contributed by atoms with Crippen LogP contribution in [0.2, 0.25) is 0 Å². The predicted molar refractivity (Wildman–Crippen MR) is 151 cm³/mol. The number of nitrogens with one attached hydrogen (secondary N) is 4. The molecule has 2 atom stereocenters. The van der Waals surface area contributed by atoms with Gasteiger partial charge >= 0.3 is 5.97 Å². The molecule has 1 saturated heterocycles. The molecule has 40 heavy (non-hydrogen) atoms. The molecular formula is C27H38N6O6S. The summed E-state index contributed by atoms with van der Waals surface area (Å²) >= 11 is 0. The van der Waals surface area contributed by atoms with E-state index in [1.165, 1.54) is 12.1 Å². The lowest BCUT2D eigenvalue weighted by molar-refractivity contribution is -0.136. The second kappa shape index (κ2) is 14.7. The highest BCUT2D eigenvalue weighted by Gasteiger charge is 2.28. The molecule has 1 heterocycles. The van der Waals surface area contributed by atoms with Crippen molar-refractivity contribution >= 4 is 44.4 Å². The predicted octanol–water partition coefficient (Wildman–Crippen LogP) is 1.01. The Morgan fingerprint density at radius 3 is 2.60 bits per heavy atom. The van der Waals surface area contributed by atoms with Gasteiger partial charge in [0.2, 0.25) is 15.9 Å². The highest BCUT2D eigenvalue weighted by Crippen LogP contribution is 2.20. The quantitative estimate of drug-likeness (QED) is 0.102. The summed E-state index contributed by atoms with van der Waals surface area (Å²) in [6.45, 7) is 1.77. The number of fused-ring (bicyclic) bond motifs is 1. The number of nitrogens with zero attached hydrogens (tertiary/aromatic N) is 1. The van der Waals surface area contributed by atoms with E-state index in [1.54, 1.807) is 23.1 Å². The Morgan fingerprint density at radius 2 is 1.88 bits per heavy atom. The van der Waals surface area contributed by atoms with Crippen molar-refractivity contribution in [3.8, 4) is 0 Å². The van der Waals surface area contributed by atoms with Crippen LogP contribution in [0.5, 0.6) is 0 Å². The smallest absolute Gasteiger partial charge is 0.317 e. The number of amides is 1. The molecule has 2 aromatic carbocycles. The molecule has 0 aromatic heterocycles. The number of unbranched alkanes of at least 4 members (excludes halogenated alkanes) is 1. The molecule has 1 aliphatic rings. The number of hydrogen-bond donors (Lipinski definition) is 6. The Morgan fingerprint density at radius 1 is 1.12 bits per heavy atom. The fourth-order valence-corrected chi connectivity index (χ4v) is 5.95. The van der Waals surface area contributed by atoms with Gasteiger partial charge in [0.05, 0.1) is 17.5 Å². The Kier molecular flexibility index (Phi) is 11.4. The van der Waals surface area contributed by atoms with Gasteiger partial charge in [-0.2, -0.15) is 0 Å². The summed E-state index contributed by atoms with van der Waals surface area (Å²) in [6, 6.07) is 10.7. The Bertz CT molecular complexity index is 1320. The van der Waals surface area contributed by atoms with Crippen LogP contribution in [0.4, 0.5) is 0 Å². The summed E-state index contributed by atoms with van der Waals surface area (Å²) < 4.78 is 29.0. The maximum absolute atomic E-state index is 13.3. The zero-order chi connectivity index (χ0) is 29.1. The summed E-state index contributed by atoms with van der Waals surface area (Å²) in [5, 5.41) is 23.5. The number of sulfonamides is 1. The van der Waals surface area contributed by atoms with Gasteiger partial charge in [-0.1, -0.05) is 30.3 Å². The molecule has 12 nitrogen and oxygen atoms in total. The zero-order valence-electron chi connectivity index (χ0n) is 22.4. The average Bonchev–Trinajstić information content (AvgIpc) is 2.92. The van der Waals surface area contributed by atoms with E-state index in [1.807, 2.05) is 12.1 Å². The average molecular weight is 575 g/mol. The van der Waals surface area contributed by atoms with Gasteiger partial charge < -0.3 is 26.4 Å². The SMILES string of the molecule is N=C(N)N1CCC[C@@H](CNC(=O)C[C@H](NS(=O)(=O)c2ccc3ccccc3c2)C(=O)CCCCNCC(=O)O)C1. The molecule has 0 aliphatic carbocycles. The van der Waals surface area contributed by atoms with E-state index in [0.29, 0.717) is 39.0 Å². The lowest BCUT2D eigenvalue weighted by Crippen LogP contribution is -2.47. The van der Waals surface area contributed by atoms with E-state index >= 15 is 0 Å². The number of aliphatic carboxylic acids is 1. The number of carboxylic acid groups (broad SMARTS) is 1. The third-order valence-electron chi connectivity index (χ3n) is 6.86. The van der Waals surface area contributed by atoms with Crippen LogP contribution in [0.1, 0.15) is 38.5 Å². The van der Waals surface area contributed by atoms with Crippen LogP contribution in [-0.4, -0.2) is 80.8 Å². The third kappa shape index (κ3) is 9.57. The highest BCUT2D eigenvalue weighted by molar-refractivity contribution is 7.89. The molecule has 218 valence electrons. The number of ketones is 1. The third-order valence-corrected chi connectivity index (χ3v) is 8.33. The minimum absolute atomic E-state index is 0.00573. The molecular weight excluding hydrogens is 536 g/mol. The number of likely N-dealkylation sites (tertiary alicyclic amines) is 1. The Hall–Kier alpha value is -3.55. The largest absolute Gasteiger partial charge is 0.480 e. The van der Waals surface area contributed by atoms with Crippen LogP contribution in [0.25, 0.3) is 10.8 Å². The van der Waals surface area contributed by atoms with Crippen LogP contribution in [0.15, 0.2) is 47.4 Å². The maximum Gasteiger partial charge on any atom is 0.317 e. The summed E-state index contributed by atoms with van der Waals surface area (Å²) in [7, 11) is -4.12. The molecule has 0 bridgehead atoms. The minimum Gasteiger partial charge on any atom is -0.480 e. The van der Waals surface area contributed by atoms with Gasteiger partial charge in [0.25, 0.3) is 0 Å². The van der Waals surface area contributed by atoms with E-state index in [0.717, 1.165) is 23.6 Å². The molecule has 3 rings (SSSR count). The number of carboxylic acids is 1. The van der Waals surface area contributed by atoms with Gasteiger partial charge in [-0.3, -0.25) is 19.8 Å². The summed E-state index contributed by atoms with van der Waals surface area (Å²) in [5.41, 5.74) is 5.59. The van der Waals surface area contributed by atoms with Crippen molar-refractivity contribution in [1.29, 1.82) is 5.41 Å². The van der Waals surface area contributed by atoms with Crippen LogP contribution in [-0.2, 0) is 24.4 Å². The number of carbonyl (C=O) groups excluding carboxylic acids is 2. The number of Topliss-reactive ketones (excluding diaryl/α,β-unsaturated/α-hetero) is 1. The van der Waals surface area contributed by atoms with Crippen molar-refractivity contribution in [3.63, 3.8) is 0 Å². The van der Waals surface area contributed by atoms with Gasteiger partial charge in [-0.05, 0) is 61.1 Å². The van der Waals surface area contributed by atoms with Crippen molar-refractivity contribution in [2.45, 2.75) is 49.5 Å². The summed E-state index contributed by atoms with van der Waals surface area (Å²) in [4.78, 5) is 38.3. The molecule has 0 unspecified atom stereocenters. The number of piperidine rings is 1. The lowest BCUT2D eigenvalue weighted by atomic mass is 9.98. The first-order valence-corrected chi connectivity index (χ1v) is 14.9. The second-order valence-corrected chi connectivity index (χ2v) is 11.7. The van der Waals surface area contributed by atoms with E-state index in [4.69, 9.17) is 16.2 Å². The molecule has 13 heteroatoms. The lowest BCUT2D eigenvalue weighted by Gasteiger charge is -2.33. The van der Waals surface area contributed by atoms with Gasteiger partial charge in [-0.15, -0.1) is 0 Å². The normalized spacial score (nSPS) is 16.4. The first-order valence-electron chi connectivity index (χ1n) is 13.4. The summed E-state index contributed by atoms with van der Waals surface area (Å²) in [5.74, 6) is -1.78. The fourth-order valence-electron chi connectivity index (χ4n) is 4.70. The topological polar surface area (TPSA) is 195 Å². The fraction of sp³-hybridized carbons (Fsp3) is 0.481. The van der Waals surface area contributed by atoms with Crippen molar-refractivity contribution in [2.24, 2.45) is 11.7 Å². The van der Waals surface area contributed by atoms with Gasteiger partial charge in [0.15, 0.2) is 11.7 Å². The van der Waals surface area contributed by atoms with Gasteiger partial charge in [0, 0.05) is 32.5 Å². The maximum atomic E-state index is 13.3. The van der Waals surface area contributed by atoms with Crippen LogP contribution >= 0.6 is 0 Å². The number of guanidine groups is 1. The van der Waals surface area contributed by atoms with Gasteiger partial charge in [0.1, 0.15) is 0 Å². The monoisotopic (exact) mass is 574 g/mol. The number of rotatable bonds is 15. The number of benzene rings is 2. The summed E-state index contributed by atoms with van der Waals surface area (Å²) in [6.07, 6.45) is 2.30. The Labute approximate surface area is 234 Å². The molecule has 1 aliphatic heterocycles. The van der Waals surface area contributed by atoms with E-state index in [-0.39, 0.29) is 36.2 Å². The molecule has 2 aromatic rings. The number of carbonyl (C=O) groups is 3. The highest BCUT2D eigenvalue weighted by atomic mass is 32.2. The van der Waals surface area contributed by atoms with E-state index in [2.05, 4.69) is 15.4 Å². The molecule has 1 amide bonds. The van der Waals surface area contributed by atoms with Crippen molar-refractivity contribution < 1.29 is 27.9 Å². The molecule has 7 N–H and O–H groups in total. The number of hydrogen-bond acceptors (Lipinski definition) is 7. The van der Waals surface area contributed by atoms with Gasteiger partial charge in [-0.25, -0.2) is 13.1 Å². The molecule has 0 radical (unpaired) electrons. The van der Waals surface area contributed by atoms with Crippen LogP contribution in [0, 0.1) is 11.3 Å². The van der Waals surface area contributed by atoms with E-state index < -0.39 is 33.7 Å². The van der Waals surface area contributed by atoms with Crippen LogP contribution in [0.3, 0.4) is 0 Å². The first-order chi connectivity index (χ1) is 19.0. The second-order valence-electron chi connectivity index (χ2n) is 10.0. The van der Waals surface area contributed by atoms with Crippen molar-refractivity contribution in [1.82, 2.24) is 20.3 Å². The van der Waals surface area contributed by atoms with Crippen LogP contribution < -0.4 is 21.1 Å². The molecule has 1 fully saturated rings. The first kappa shape index (κ1) is 31.0. The zero-order valence-corrected chi connectivity index (χ0v) is 23.2. The van der Waals surface area contributed by atoms with Crippen molar-refractivity contribution in [2.75, 3.05) is 32.7 Å².